The molecule has 5 heteroatoms. The Balaban J connectivity index is 2.17. The van der Waals surface area contributed by atoms with E-state index in [0.717, 1.165) is 19.3 Å². The van der Waals surface area contributed by atoms with Gasteiger partial charge in [0, 0.05) is 0 Å². The number of carbonyl (C=O) groups is 2. The van der Waals surface area contributed by atoms with Crippen LogP contribution in [0.15, 0.2) is 0 Å². The zero-order valence-electron chi connectivity index (χ0n) is 8.16. The van der Waals surface area contributed by atoms with Gasteiger partial charge in [0.15, 0.2) is 0 Å². The van der Waals surface area contributed by atoms with E-state index in [0.29, 0.717) is 5.92 Å². The van der Waals surface area contributed by atoms with E-state index < -0.39 is 12.1 Å². The van der Waals surface area contributed by atoms with Crippen LogP contribution < -0.4 is 5.32 Å². The number of ether oxygens (including phenoxy) is 1. The minimum atomic E-state index is -1.07. The first-order chi connectivity index (χ1) is 6.58. The van der Waals surface area contributed by atoms with Gasteiger partial charge in [0.05, 0.1) is 0 Å². The molecule has 1 aliphatic rings. The molecule has 0 aromatic carbocycles. The molecule has 0 saturated heterocycles. The molecule has 0 radical (unpaired) electrons. The fraction of sp³-hybridized carbons (Fsp3) is 0.778. The van der Waals surface area contributed by atoms with Crippen LogP contribution in [0.3, 0.4) is 0 Å². The van der Waals surface area contributed by atoms with E-state index in [1.165, 1.54) is 0 Å². The van der Waals surface area contributed by atoms with Crippen molar-refractivity contribution < 1.29 is 19.4 Å². The molecule has 0 bridgehead atoms. The fourth-order valence-electron chi connectivity index (χ4n) is 1.60. The number of aliphatic carboxylic acids is 1. The third kappa shape index (κ3) is 3.64. The van der Waals surface area contributed by atoms with Gasteiger partial charge in [0.25, 0.3) is 0 Å². The molecule has 80 valence electrons. The molecule has 0 aliphatic heterocycles. The van der Waals surface area contributed by atoms with Crippen molar-refractivity contribution in [3.63, 3.8) is 0 Å². The molecule has 2 N–H and O–H groups in total. The number of carbonyl (C=O) groups excluding carboxylic acids is 1. The summed E-state index contributed by atoms with van der Waals surface area (Å²) < 4.78 is 5.02. The number of hydrogen-bond donors (Lipinski definition) is 2. The third-order valence-electron chi connectivity index (χ3n) is 2.30. The van der Waals surface area contributed by atoms with Crippen molar-refractivity contribution in [2.45, 2.75) is 32.3 Å². The lowest BCUT2D eigenvalue weighted by Crippen LogP contribution is -2.32. The van der Waals surface area contributed by atoms with Gasteiger partial charge in [-0.05, 0) is 25.2 Å². The molecule has 5 nitrogen and oxygen atoms in total. The van der Waals surface area contributed by atoms with Gasteiger partial charge in [-0.25, -0.2) is 4.79 Å². The molecular formula is C9H15NO4. The van der Waals surface area contributed by atoms with Crippen LogP contribution in [0.4, 0.5) is 4.79 Å². The topological polar surface area (TPSA) is 75.6 Å². The van der Waals surface area contributed by atoms with Gasteiger partial charge in [-0.3, -0.25) is 4.79 Å². The Bertz CT molecular complexity index is 229. The molecule has 0 heterocycles. The SMILES string of the molecule is CC1CCC(OC(=O)NCC(=O)O)C1. The number of carboxylic acid groups (broad SMARTS) is 1. The van der Waals surface area contributed by atoms with Crippen LogP contribution in [0.1, 0.15) is 26.2 Å². The standard InChI is InChI=1S/C9H15NO4/c1-6-2-3-7(4-6)14-9(13)10-5-8(11)12/h6-7H,2-5H2,1H3,(H,10,13)(H,11,12). The molecular weight excluding hydrogens is 186 g/mol. The van der Waals surface area contributed by atoms with E-state index in [-0.39, 0.29) is 12.6 Å². The maximum atomic E-state index is 11.0. The summed E-state index contributed by atoms with van der Waals surface area (Å²) in [6, 6.07) is 0. The molecule has 0 aromatic rings. The van der Waals surface area contributed by atoms with Crippen molar-refractivity contribution in [3.05, 3.63) is 0 Å². The Morgan fingerprint density at radius 1 is 1.50 bits per heavy atom. The van der Waals surface area contributed by atoms with Crippen molar-refractivity contribution in [2.75, 3.05) is 6.54 Å². The van der Waals surface area contributed by atoms with E-state index in [1.807, 2.05) is 0 Å². The summed E-state index contributed by atoms with van der Waals surface area (Å²) in [5, 5.41) is 10.5. The van der Waals surface area contributed by atoms with Gasteiger partial charge < -0.3 is 15.2 Å². The van der Waals surface area contributed by atoms with E-state index in [4.69, 9.17) is 9.84 Å². The van der Waals surface area contributed by atoms with Crippen molar-refractivity contribution in [1.82, 2.24) is 5.32 Å². The average Bonchev–Trinajstić information content (AvgIpc) is 2.48. The lowest BCUT2D eigenvalue weighted by atomic mass is 10.1. The highest BCUT2D eigenvalue weighted by Crippen LogP contribution is 2.26. The van der Waals surface area contributed by atoms with Crippen molar-refractivity contribution in [3.8, 4) is 0 Å². The smallest absolute Gasteiger partial charge is 0.407 e. The van der Waals surface area contributed by atoms with Crippen LogP contribution in [-0.4, -0.2) is 29.8 Å². The minimum absolute atomic E-state index is 0.0428. The number of alkyl carbamates (subject to hydrolysis) is 1. The Morgan fingerprint density at radius 2 is 2.21 bits per heavy atom. The lowest BCUT2D eigenvalue weighted by molar-refractivity contribution is -0.135. The fourth-order valence-corrected chi connectivity index (χ4v) is 1.60. The van der Waals surface area contributed by atoms with Crippen LogP contribution in [-0.2, 0) is 9.53 Å². The van der Waals surface area contributed by atoms with Crippen molar-refractivity contribution >= 4 is 12.1 Å². The number of amides is 1. The van der Waals surface area contributed by atoms with Crippen molar-refractivity contribution in [1.29, 1.82) is 0 Å². The summed E-state index contributed by atoms with van der Waals surface area (Å²) in [6.45, 7) is 1.72. The van der Waals surface area contributed by atoms with Gasteiger partial charge in [-0.1, -0.05) is 6.92 Å². The Labute approximate surface area is 82.4 Å². The molecule has 2 atom stereocenters. The monoisotopic (exact) mass is 201 g/mol. The molecule has 2 unspecified atom stereocenters. The maximum absolute atomic E-state index is 11.0. The summed E-state index contributed by atoms with van der Waals surface area (Å²) >= 11 is 0. The summed E-state index contributed by atoms with van der Waals surface area (Å²) in [4.78, 5) is 21.1. The highest BCUT2D eigenvalue weighted by Gasteiger charge is 2.24. The molecule has 1 fully saturated rings. The van der Waals surface area contributed by atoms with Crippen LogP contribution >= 0.6 is 0 Å². The number of nitrogens with one attached hydrogen (secondary N) is 1. The quantitative estimate of drug-likeness (QED) is 0.713. The first-order valence-corrected chi connectivity index (χ1v) is 4.74. The van der Waals surface area contributed by atoms with E-state index in [1.54, 1.807) is 0 Å². The zero-order valence-corrected chi connectivity index (χ0v) is 8.16. The molecule has 0 spiro atoms. The lowest BCUT2D eigenvalue weighted by Gasteiger charge is -2.11. The first-order valence-electron chi connectivity index (χ1n) is 4.74. The zero-order chi connectivity index (χ0) is 10.6. The van der Waals surface area contributed by atoms with Gasteiger partial charge in [0.1, 0.15) is 12.6 Å². The van der Waals surface area contributed by atoms with Crippen molar-refractivity contribution in [2.24, 2.45) is 5.92 Å². The highest BCUT2D eigenvalue weighted by atomic mass is 16.6. The van der Waals surface area contributed by atoms with Gasteiger partial charge in [0.2, 0.25) is 0 Å². The summed E-state index contributed by atoms with van der Waals surface area (Å²) in [5.74, 6) is -0.478. The largest absolute Gasteiger partial charge is 0.480 e. The van der Waals surface area contributed by atoms with Crippen LogP contribution in [0.25, 0.3) is 0 Å². The predicted molar refractivity (Wildman–Crippen MR) is 48.9 cm³/mol. The highest BCUT2D eigenvalue weighted by molar-refractivity contribution is 5.76. The predicted octanol–water partition coefficient (Wildman–Crippen LogP) is 0.986. The van der Waals surface area contributed by atoms with Crippen LogP contribution in [0.2, 0.25) is 0 Å². The number of rotatable bonds is 3. The van der Waals surface area contributed by atoms with Crippen LogP contribution in [0.5, 0.6) is 0 Å². The molecule has 0 aromatic heterocycles. The maximum Gasteiger partial charge on any atom is 0.407 e. The first kappa shape index (κ1) is 10.8. The summed E-state index contributed by atoms with van der Waals surface area (Å²) in [6.07, 6.45) is 2.14. The van der Waals surface area contributed by atoms with E-state index in [9.17, 15) is 9.59 Å². The van der Waals surface area contributed by atoms with Gasteiger partial charge >= 0.3 is 12.1 Å². The summed E-state index contributed by atoms with van der Waals surface area (Å²) in [5.41, 5.74) is 0. The van der Waals surface area contributed by atoms with Gasteiger partial charge in [-0.15, -0.1) is 0 Å². The minimum Gasteiger partial charge on any atom is -0.480 e. The molecule has 1 aliphatic carbocycles. The number of carboxylic acids is 1. The Morgan fingerprint density at radius 3 is 2.71 bits per heavy atom. The van der Waals surface area contributed by atoms with E-state index in [2.05, 4.69) is 12.2 Å². The Kier molecular flexibility index (Phi) is 3.73. The van der Waals surface area contributed by atoms with E-state index >= 15 is 0 Å². The summed E-state index contributed by atoms with van der Waals surface area (Å²) in [7, 11) is 0. The molecule has 1 rings (SSSR count). The number of hydrogen-bond acceptors (Lipinski definition) is 3. The third-order valence-corrected chi connectivity index (χ3v) is 2.30. The Hall–Kier alpha value is -1.26. The average molecular weight is 201 g/mol. The second kappa shape index (κ2) is 4.83. The molecule has 14 heavy (non-hydrogen) atoms. The van der Waals surface area contributed by atoms with Crippen LogP contribution in [0, 0.1) is 5.92 Å². The van der Waals surface area contributed by atoms with Gasteiger partial charge in [-0.2, -0.15) is 0 Å². The normalized spacial score (nSPS) is 25.8. The second-order valence-corrected chi connectivity index (χ2v) is 3.69. The molecule has 1 saturated carbocycles. The molecule has 1 amide bonds. The second-order valence-electron chi connectivity index (χ2n) is 3.69.